The van der Waals surface area contributed by atoms with Gasteiger partial charge in [0.25, 0.3) is 0 Å². The number of amides is 1. The lowest BCUT2D eigenvalue weighted by Gasteiger charge is -2.29. The first-order valence-electron chi connectivity index (χ1n) is 7.89. The van der Waals surface area contributed by atoms with Gasteiger partial charge in [0.15, 0.2) is 0 Å². The van der Waals surface area contributed by atoms with E-state index in [0.29, 0.717) is 24.5 Å². The first-order valence-corrected chi connectivity index (χ1v) is 7.89. The van der Waals surface area contributed by atoms with Crippen molar-refractivity contribution in [3.63, 3.8) is 0 Å². The van der Waals surface area contributed by atoms with Gasteiger partial charge in [0.05, 0.1) is 6.54 Å². The predicted molar refractivity (Wildman–Crippen MR) is 80.6 cm³/mol. The highest BCUT2D eigenvalue weighted by atomic mass is 16.2. The van der Waals surface area contributed by atoms with Crippen molar-refractivity contribution in [3.05, 3.63) is 35.9 Å². The van der Waals surface area contributed by atoms with Crippen molar-refractivity contribution >= 4 is 5.91 Å². The summed E-state index contributed by atoms with van der Waals surface area (Å²) in [7, 11) is 0. The molecule has 1 amide bonds. The van der Waals surface area contributed by atoms with Crippen molar-refractivity contribution in [3.8, 4) is 0 Å². The average Bonchev–Trinajstić information content (AvgIpc) is 3.31. The molecule has 0 aliphatic heterocycles. The predicted octanol–water partition coefficient (Wildman–Crippen LogP) is 2.58. The van der Waals surface area contributed by atoms with Crippen LogP contribution in [0.4, 0.5) is 0 Å². The Hall–Kier alpha value is -1.35. The summed E-state index contributed by atoms with van der Waals surface area (Å²) in [6.07, 6.45) is 7.05. The molecule has 0 aromatic heterocycles. The molecule has 0 atom stereocenters. The monoisotopic (exact) mass is 272 g/mol. The molecule has 2 aliphatic rings. The quantitative estimate of drug-likeness (QED) is 0.865. The van der Waals surface area contributed by atoms with Gasteiger partial charge in [-0.2, -0.15) is 0 Å². The Kier molecular flexibility index (Phi) is 4.36. The van der Waals surface area contributed by atoms with Gasteiger partial charge >= 0.3 is 0 Å². The minimum Gasteiger partial charge on any atom is -0.352 e. The van der Waals surface area contributed by atoms with Gasteiger partial charge in [-0.25, -0.2) is 0 Å². The molecule has 2 aliphatic carbocycles. The van der Waals surface area contributed by atoms with Crippen molar-refractivity contribution in [2.45, 2.75) is 56.5 Å². The van der Waals surface area contributed by atoms with E-state index in [2.05, 4.69) is 41.0 Å². The fourth-order valence-electron chi connectivity index (χ4n) is 3.10. The highest BCUT2D eigenvalue weighted by Crippen LogP contribution is 2.32. The van der Waals surface area contributed by atoms with E-state index in [0.717, 1.165) is 12.8 Å². The Bertz CT molecular complexity index is 434. The molecule has 2 saturated carbocycles. The molecule has 2 N–H and O–H groups in total. The molecule has 3 nitrogen and oxygen atoms in total. The second-order valence-electron chi connectivity index (χ2n) is 6.18. The molecule has 0 spiro atoms. The molecule has 0 bridgehead atoms. The topological polar surface area (TPSA) is 41.1 Å². The zero-order chi connectivity index (χ0) is 13.8. The summed E-state index contributed by atoms with van der Waals surface area (Å²) in [5.74, 6) is 0.842. The van der Waals surface area contributed by atoms with Crippen LogP contribution in [0.2, 0.25) is 0 Å². The van der Waals surface area contributed by atoms with Crippen molar-refractivity contribution in [1.29, 1.82) is 0 Å². The van der Waals surface area contributed by atoms with Crippen LogP contribution in [0.5, 0.6) is 0 Å². The average molecular weight is 272 g/mol. The number of rotatable bonds is 5. The Labute approximate surface area is 121 Å². The molecule has 2 fully saturated rings. The maximum absolute atomic E-state index is 11.8. The third-order valence-corrected chi connectivity index (χ3v) is 4.49. The molecule has 3 rings (SSSR count). The van der Waals surface area contributed by atoms with E-state index in [9.17, 15) is 4.79 Å². The summed E-state index contributed by atoms with van der Waals surface area (Å²) in [6, 6.07) is 11.7. The normalized spacial score (nSPS) is 26.2. The molecule has 0 unspecified atom stereocenters. The zero-order valence-electron chi connectivity index (χ0n) is 12.0. The Morgan fingerprint density at radius 2 is 1.60 bits per heavy atom. The molecular formula is C17H24N2O. The highest BCUT2D eigenvalue weighted by molar-refractivity contribution is 5.78. The number of carbonyl (C=O) groups excluding carboxylic acids is 1. The van der Waals surface area contributed by atoms with Crippen LogP contribution in [0.3, 0.4) is 0 Å². The van der Waals surface area contributed by atoms with Gasteiger partial charge in [0.1, 0.15) is 0 Å². The maximum Gasteiger partial charge on any atom is 0.234 e. The second kappa shape index (κ2) is 6.40. The summed E-state index contributed by atoms with van der Waals surface area (Å²) < 4.78 is 0. The molecule has 0 saturated heterocycles. The van der Waals surface area contributed by atoms with Gasteiger partial charge in [0.2, 0.25) is 5.91 Å². The Morgan fingerprint density at radius 3 is 2.25 bits per heavy atom. The van der Waals surface area contributed by atoms with Crippen LogP contribution < -0.4 is 10.6 Å². The lowest BCUT2D eigenvalue weighted by molar-refractivity contribution is -0.121. The van der Waals surface area contributed by atoms with Crippen LogP contribution >= 0.6 is 0 Å². The highest BCUT2D eigenvalue weighted by Gasteiger charge is 2.24. The lowest BCUT2D eigenvalue weighted by Crippen LogP contribution is -2.42. The Morgan fingerprint density at radius 1 is 0.950 bits per heavy atom. The molecular weight excluding hydrogens is 248 g/mol. The maximum atomic E-state index is 11.8. The fraction of sp³-hybridized carbons (Fsp3) is 0.588. The van der Waals surface area contributed by atoms with E-state index < -0.39 is 0 Å². The van der Waals surface area contributed by atoms with E-state index in [1.54, 1.807) is 0 Å². The molecule has 20 heavy (non-hydrogen) atoms. The molecule has 0 heterocycles. The number of carbonyl (C=O) groups is 1. The van der Waals surface area contributed by atoms with Crippen molar-refractivity contribution in [2.75, 3.05) is 6.54 Å². The minimum atomic E-state index is 0.167. The summed E-state index contributed by atoms with van der Waals surface area (Å²) in [5, 5.41) is 6.44. The zero-order valence-corrected chi connectivity index (χ0v) is 12.0. The van der Waals surface area contributed by atoms with Crippen LogP contribution in [-0.4, -0.2) is 24.5 Å². The van der Waals surface area contributed by atoms with Crippen LogP contribution in [-0.2, 0) is 4.79 Å². The molecule has 0 radical (unpaired) electrons. The SMILES string of the molecule is O=C(CNC1CC1)NC1CCC(c2ccccc2)CC1. The largest absolute Gasteiger partial charge is 0.352 e. The van der Waals surface area contributed by atoms with Gasteiger partial charge in [-0.3, -0.25) is 4.79 Å². The summed E-state index contributed by atoms with van der Waals surface area (Å²) >= 11 is 0. The van der Waals surface area contributed by atoms with E-state index in [1.165, 1.54) is 31.2 Å². The van der Waals surface area contributed by atoms with Crippen LogP contribution in [0.15, 0.2) is 30.3 Å². The second-order valence-corrected chi connectivity index (χ2v) is 6.18. The molecule has 108 valence electrons. The van der Waals surface area contributed by atoms with E-state index in [-0.39, 0.29) is 5.91 Å². The van der Waals surface area contributed by atoms with Gasteiger partial charge < -0.3 is 10.6 Å². The first-order chi connectivity index (χ1) is 9.81. The van der Waals surface area contributed by atoms with Crippen LogP contribution in [0, 0.1) is 0 Å². The van der Waals surface area contributed by atoms with E-state index in [1.807, 2.05) is 0 Å². The third kappa shape index (κ3) is 3.83. The number of benzene rings is 1. The van der Waals surface area contributed by atoms with Gasteiger partial charge in [-0.05, 0) is 50.0 Å². The molecule has 1 aromatic carbocycles. The van der Waals surface area contributed by atoms with Crippen molar-refractivity contribution in [1.82, 2.24) is 10.6 Å². The third-order valence-electron chi connectivity index (χ3n) is 4.49. The van der Waals surface area contributed by atoms with E-state index in [4.69, 9.17) is 0 Å². The van der Waals surface area contributed by atoms with Gasteiger partial charge in [0, 0.05) is 12.1 Å². The van der Waals surface area contributed by atoms with Gasteiger partial charge in [-0.1, -0.05) is 30.3 Å². The molecule has 1 aromatic rings. The standard InChI is InChI=1S/C17H24N2O/c20-17(12-18-15-10-11-15)19-16-8-6-14(7-9-16)13-4-2-1-3-5-13/h1-5,14-16,18H,6-12H2,(H,19,20). The first kappa shape index (κ1) is 13.6. The summed E-state index contributed by atoms with van der Waals surface area (Å²) in [6.45, 7) is 0.489. The minimum absolute atomic E-state index is 0.167. The summed E-state index contributed by atoms with van der Waals surface area (Å²) in [4.78, 5) is 11.8. The number of hydrogen-bond acceptors (Lipinski definition) is 2. The molecule has 3 heteroatoms. The summed E-state index contributed by atoms with van der Waals surface area (Å²) in [5.41, 5.74) is 1.45. The van der Waals surface area contributed by atoms with Crippen LogP contribution in [0.1, 0.15) is 50.0 Å². The number of hydrogen-bond donors (Lipinski definition) is 2. The van der Waals surface area contributed by atoms with Crippen molar-refractivity contribution < 1.29 is 4.79 Å². The number of nitrogens with one attached hydrogen (secondary N) is 2. The van der Waals surface area contributed by atoms with Crippen molar-refractivity contribution in [2.24, 2.45) is 0 Å². The van der Waals surface area contributed by atoms with Gasteiger partial charge in [-0.15, -0.1) is 0 Å². The van der Waals surface area contributed by atoms with Crippen LogP contribution in [0.25, 0.3) is 0 Å². The fourth-order valence-corrected chi connectivity index (χ4v) is 3.10. The van der Waals surface area contributed by atoms with E-state index >= 15 is 0 Å². The Balaban J connectivity index is 1.40. The smallest absolute Gasteiger partial charge is 0.234 e. The lowest BCUT2D eigenvalue weighted by atomic mass is 9.82.